The third kappa shape index (κ3) is 5.85. The Hall–Kier alpha value is -1.50. The Bertz CT molecular complexity index is 421. The molecule has 2 saturated heterocycles. The summed E-state index contributed by atoms with van der Waals surface area (Å²) in [6, 6.07) is 0.291. The molecule has 7 nitrogen and oxygen atoms in total. The molecule has 0 aromatic heterocycles. The van der Waals surface area contributed by atoms with E-state index in [1.54, 1.807) is 4.90 Å². The molecule has 1 atom stereocenters. The predicted molar refractivity (Wildman–Crippen MR) is 96.1 cm³/mol. The van der Waals surface area contributed by atoms with Gasteiger partial charge in [0.05, 0.1) is 6.61 Å². The van der Waals surface area contributed by atoms with E-state index < -0.39 is 0 Å². The number of hydrogen-bond donors (Lipinski definition) is 2. The number of aliphatic imine (C=N–C) groups is 1. The summed E-state index contributed by atoms with van der Waals surface area (Å²) in [7, 11) is 0. The van der Waals surface area contributed by atoms with E-state index in [2.05, 4.69) is 22.1 Å². The first-order chi connectivity index (χ1) is 11.6. The first-order valence-corrected chi connectivity index (χ1v) is 9.32. The molecule has 0 saturated carbocycles. The molecule has 3 N–H and O–H groups in total. The van der Waals surface area contributed by atoms with Gasteiger partial charge in [-0.05, 0) is 51.6 Å². The zero-order valence-electron chi connectivity index (χ0n) is 15.2. The maximum absolute atomic E-state index is 11.7. The summed E-state index contributed by atoms with van der Waals surface area (Å²) in [5.74, 6) is 1.17. The van der Waals surface area contributed by atoms with E-state index in [-0.39, 0.29) is 6.09 Å². The van der Waals surface area contributed by atoms with Crippen molar-refractivity contribution in [2.75, 3.05) is 45.9 Å². The van der Waals surface area contributed by atoms with Gasteiger partial charge in [-0.2, -0.15) is 0 Å². The lowest BCUT2D eigenvalue weighted by Gasteiger charge is -2.31. The fourth-order valence-corrected chi connectivity index (χ4v) is 3.48. The fraction of sp³-hybridized carbons (Fsp3) is 0.882. The van der Waals surface area contributed by atoms with E-state index in [1.165, 1.54) is 25.9 Å². The van der Waals surface area contributed by atoms with Crippen LogP contribution < -0.4 is 11.1 Å². The number of nitrogens with one attached hydrogen (secondary N) is 1. The summed E-state index contributed by atoms with van der Waals surface area (Å²) in [4.78, 5) is 20.5. The van der Waals surface area contributed by atoms with Crippen LogP contribution in [0.4, 0.5) is 4.79 Å². The number of carbonyl (C=O) groups is 1. The first kappa shape index (κ1) is 18.8. The standard InChI is InChI=1S/C17H33N5O2/c1-3-8-21-9-5-14(13-21)12-19-16(18)20-15-6-10-22(11-7-15)17(23)24-4-2/h14-15H,3-13H2,1-2H3,(H3,18,19,20). The van der Waals surface area contributed by atoms with Gasteiger partial charge < -0.3 is 25.6 Å². The van der Waals surface area contributed by atoms with Gasteiger partial charge in [-0.3, -0.25) is 4.99 Å². The van der Waals surface area contributed by atoms with Crippen molar-refractivity contribution in [3.63, 3.8) is 0 Å². The second-order valence-electron chi connectivity index (χ2n) is 6.79. The molecule has 2 aliphatic heterocycles. The average Bonchev–Trinajstić information content (AvgIpc) is 3.02. The van der Waals surface area contributed by atoms with Crippen LogP contribution >= 0.6 is 0 Å². The number of hydrogen-bond acceptors (Lipinski definition) is 4. The quantitative estimate of drug-likeness (QED) is 0.562. The SMILES string of the molecule is CCCN1CCC(CN=C(N)NC2CCN(C(=O)OCC)CC2)C1. The monoisotopic (exact) mass is 339 g/mol. The number of nitrogens with two attached hydrogens (primary N) is 1. The van der Waals surface area contributed by atoms with Crippen LogP contribution in [-0.4, -0.2) is 73.8 Å². The van der Waals surface area contributed by atoms with Gasteiger partial charge in [0.25, 0.3) is 0 Å². The van der Waals surface area contributed by atoms with Crippen LogP contribution in [0.1, 0.15) is 39.5 Å². The molecule has 0 spiro atoms. The second kappa shape index (κ2) is 9.71. The van der Waals surface area contributed by atoms with E-state index in [0.29, 0.717) is 37.6 Å². The molecule has 2 fully saturated rings. The highest BCUT2D eigenvalue weighted by Crippen LogP contribution is 2.16. The summed E-state index contributed by atoms with van der Waals surface area (Å²) >= 11 is 0. The predicted octanol–water partition coefficient (Wildman–Crippen LogP) is 1.24. The van der Waals surface area contributed by atoms with Gasteiger partial charge in [0, 0.05) is 32.2 Å². The average molecular weight is 339 g/mol. The van der Waals surface area contributed by atoms with Crippen molar-refractivity contribution in [1.82, 2.24) is 15.1 Å². The molecule has 7 heteroatoms. The molecule has 2 aliphatic rings. The van der Waals surface area contributed by atoms with Crippen LogP contribution in [0.25, 0.3) is 0 Å². The molecule has 2 rings (SSSR count). The summed E-state index contributed by atoms with van der Waals surface area (Å²) < 4.78 is 5.03. The van der Waals surface area contributed by atoms with Crippen molar-refractivity contribution in [3.8, 4) is 0 Å². The molecule has 0 aromatic carbocycles. The molecule has 0 radical (unpaired) electrons. The Balaban J connectivity index is 1.66. The Morgan fingerprint density at radius 1 is 1.25 bits per heavy atom. The number of likely N-dealkylation sites (tertiary alicyclic amines) is 2. The van der Waals surface area contributed by atoms with Crippen molar-refractivity contribution in [2.24, 2.45) is 16.6 Å². The van der Waals surface area contributed by atoms with Crippen LogP contribution in [0.3, 0.4) is 0 Å². The van der Waals surface area contributed by atoms with E-state index in [1.807, 2.05) is 6.92 Å². The van der Waals surface area contributed by atoms with Crippen LogP contribution in [0.15, 0.2) is 4.99 Å². The van der Waals surface area contributed by atoms with Gasteiger partial charge in [-0.25, -0.2) is 4.79 Å². The fourth-order valence-electron chi connectivity index (χ4n) is 3.48. The van der Waals surface area contributed by atoms with Crippen LogP contribution in [0.5, 0.6) is 0 Å². The molecular weight excluding hydrogens is 306 g/mol. The summed E-state index contributed by atoms with van der Waals surface area (Å²) in [5, 5.41) is 3.31. The van der Waals surface area contributed by atoms with Gasteiger partial charge in [0.2, 0.25) is 0 Å². The molecule has 1 amide bonds. The summed E-state index contributed by atoms with van der Waals surface area (Å²) in [5.41, 5.74) is 6.04. The lowest BCUT2D eigenvalue weighted by atomic mass is 10.1. The maximum atomic E-state index is 11.7. The van der Waals surface area contributed by atoms with E-state index in [4.69, 9.17) is 10.5 Å². The summed E-state index contributed by atoms with van der Waals surface area (Å²) in [6.45, 7) is 10.2. The minimum absolute atomic E-state index is 0.213. The maximum Gasteiger partial charge on any atom is 0.409 e. The molecule has 138 valence electrons. The third-order valence-electron chi connectivity index (χ3n) is 4.80. The molecule has 2 heterocycles. The van der Waals surface area contributed by atoms with E-state index in [0.717, 1.165) is 25.9 Å². The Morgan fingerprint density at radius 2 is 2.00 bits per heavy atom. The number of amides is 1. The lowest BCUT2D eigenvalue weighted by Crippen LogP contribution is -2.48. The first-order valence-electron chi connectivity index (χ1n) is 9.32. The number of guanidine groups is 1. The molecule has 0 aliphatic carbocycles. The highest BCUT2D eigenvalue weighted by atomic mass is 16.6. The third-order valence-corrected chi connectivity index (χ3v) is 4.80. The van der Waals surface area contributed by atoms with Gasteiger partial charge in [-0.1, -0.05) is 6.92 Å². The molecule has 0 bridgehead atoms. The van der Waals surface area contributed by atoms with Crippen molar-refractivity contribution < 1.29 is 9.53 Å². The Kier molecular flexibility index (Phi) is 7.62. The Morgan fingerprint density at radius 3 is 2.67 bits per heavy atom. The molecular formula is C17H33N5O2. The largest absolute Gasteiger partial charge is 0.450 e. The zero-order valence-corrected chi connectivity index (χ0v) is 15.2. The minimum Gasteiger partial charge on any atom is -0.450 e. The van der Waals surface area contributed by atoms with Crippen molar-refractivity contribution >= 4 is 12.1 Å². The van der Waals surface area contributed by atoms with Crippen molar-refractivity contribution in [1.29, 1.82) is 0 Å². The lowest BCUT2D eigenvalue weighted by molar-refractivity contribution is 0.0963. The van der Waals surface area contributed by atoms with Gasteiger partial charge >= 0.3 is 6.09 Å². The molecule has 1 unspecified atom stereocenters. The van der Waals surface area contributed by atoms with Crippen LogP contribution in [0, 0.1) is 5.92 Å². The topological polar surface area (TPSA) is 83.2 Å². The van der Waals surface area contributed by atoms with Gasteiger partial charge in [0.15, 0.2) is 5.96 Å². The number of carbonyl (C=O) groups excluding carboxylic acids is 1. The molecule has 0 aromatic rings. The second-order valence-corrected chi connectivity index (χ2v) is 6.79. The number of rotatable bonds is 6. The highest BCUT2D eigenvalue weighted by molar-refractivity contribution is 5.78. The Labute approximate surface area is 145 Å². The summed E-state index contributed by atoms with van der Waals surface area (Å²) in [6.07, 6.45) is 3.97. The van der Waals surface area contributed by atoms with Crippen molar-refractivity contribution in [2.45, 2.75) is 45.6 Å². The molecule has 24 heavy (non-hydrogen) atoms. The highest BCUT2D eigenvalue weighted by Gasteiger charge is 2.24. The number of piperidine rings is 1. The van der Waals surface area contributed by atoms with Crippen molar-refractivity contribution in [3.05, 3.63) is 0 Å². The van der Waals surface area contributed by atoms with E-state index in [9.17, 15) is 4.79 Å². The smallest absolute Gasteiger partial charge is 0.409 e. The number of nitrogens with zero attached hydrogens (tertiary/aromatic N) is 3. The van der Waals surface area contributed by atoms with Crippen LogP contribution in [0.2, 0.25) is 0 Å². The van der Waals surface area contributed by atoms with Gasteiger partial charge in [-0.15, -0.1) is 0 Å². The van der Waals surface area contributed by atoms with E-state index >= 15 is 0 Å². The van der Waals surface area contributed by atoms with Crippen LogP contribution in [-0.2, 0) is 4.74 Å². The normalized spacial score (nSPS) is 23.5. The number of ether oxygens (including phenoxy) is 1. The minimum atomic E-state index is -0.213. The zero-order chi connectivity index (χ0) is 17.4. The van der Waals surface area contributed by atoms with Gasteiger partial charge in [0.1, 0.15) is 0 Å².